The first kappa shape index (κ1) is 24.1. The molecule has 0 spiro atoms. The molecule has 1 saturated heterocycles. The van der Waals surface area contributed by atoms with E-state index in [4.69, 9.17) is 23.2 Å². The van der Waals surface area contributed by atoms with Crippen molar-refractivity contribution in [3.8, 4) is 0 Å². The van der Waals surface area contributed by atoms with Gasteiger partial charge in [-0.25, -0.2) is 0 Å². The van der Waals surface area contributed by atoms with E-state index in [2.05, 4.69) is 41.5 Å². The molecule has 7 heteroatoms. The Labute approximate surface area is 216 Å². The zero-order chi connectivity index (χ0) is 24.6. The molecule has 2 aliphatic rings. The molecule has 3 aromatic rings. The van der Waals surface area contributed by atoms with Gasteiger partial charge in [0, 0.05) is 42.6 Å². The molecule has 182 valence electrons. The third kappa shape index (κ3) is 5.04. The molecule has 1 aliphatic carbocycles. The fraction of sp³-hybridized carbons (Fsp3) is 0.357. The van der Waals surface area contributed by atoms with E-state index in [0.29, 0.717) is 42.4 Å². The molecule has 0 bridgehead atoms. The number of benzene rings is 3. The van der Waals surface area contributed by atoms with Crippen LogP contribution in [0.1, 0.15) is 24.0 Å². The Morgan fingerprint density at radius 2 is 1.66 bits per heavy atom. The van der Waals surface area contributed by atoms with Gasteiger partial charge < -0.3 is 15.1 Å². The molecule has 1 aliphatic heterocycles. The average molecular weight is 510 g/mol. The number of hydrogen-bond donors (Lipinski definition) is 1. The van der Waals surface area contributed by atoms with E-state index >= 15 is 0 Å². The van der Waals surface area contributed by atoms with Crippen LogP contribution in [0.25, 0.3) is 10.8 Å². The number of halogens is 2. The van der Waals surface area contributed by atoms with E-state index in [-0.39, 0.29) is 11.8 Å². The Morgan fingerprint density at radius 3 is 2.34 bits per heavy atom. The Bertz CT molecular complexity index is 1270. The van der Waals surface area contributed by atoms with Crippen molar-refractivity contribution in [1.29, 1.82) is 0 Å². The van der Waals surface area contributed by atoms with Crippen LogP contribution >= 0.6 is 23.2 Å². The lowest BCUT2D eigenvalue weighted by Gasteiger charge is -2.35. The number of carbonyl (C=O) groups excluding carboxylic acids is 2. The van der Waals surface area contributed by atoms with Crippen molar-refractivity contribution >= 4 is 45.8 Å². The molecule has 5 nitrogen and oxygen atoms in total. The highest BCUT2D eigenvalue weighted by Gasteiger charge is 2.53. The van der Waals surface area contributed by atoms with Gasteiger partial charge in [-0.15, -0.1) is 0 Å². The Hall–Kier alpha value is -2.60. The maximum Gasteiger partial charge on any atom is 0.245 e. The molecule has 0 radical (unpaired) electrons. The second-order valence-corrected chi connectivity index (χ2v) is 10.6. The molecule has 35 heavy (non-hydrogen) atoms. The van der Waals surface area contributed by atoms with Gasteiger partial charge >= 0.3 is 0 Å². The molecule has 2 amide bonds. The molecule has 0 unspecified atom stereocenters. The van der Waals surface area contributed by atoms with Crippen LogP contribution in [0.3, 0.4) is 0 Å². The summed E-state index contributed by atoms with van der Waals surface area (Å²) in [5.41, 5.74) is 1.09. The molecule has 2 fully saturated rings. The van der Waals surface area contributed by atoms with Crippen molar-refractivity contribution in [1.82, 2.24) is 15.1 Å². The molecular weight excluding hydrogens is 481 g/mol. The number of nitrogens with one attached hydrogen (secondary N) is 1. The first-order chi connectivity index (χ1) is 16.9. The highest BCUT2D eigenvalue weighted by Crippen LogP contribution is 2.51. The van der Waals surface area contributed by atoms with Crippen LogP contribution in [0.15, 0.2) is 60.7 Å². The van der Waals surface area contributed by atoms with E-state index in [1.807, 2.05) is 29.2 Å². The lowest BCUT2D eigenvalue weighted by atomic mass is 9.93. The standard InChI is InChI=1S/C28H29Cl2N3O2/c1-32-12-14-33(15-13-32)26(34)25(17-19-6-7-20-4-2-3-5-21(20)16-19)31-27(35)28(10-11-28)23-9-8-22(29)18-24(23)30/h2-9,16,18,25H,10-15,17H2,1H3,(H,31,35)/t25-/m0/s1. The Kier molecular flexibility index (Phi) is 6.75. The largest absolute Gasteiger partial charge is 0.343 e. The van der Waals surface area contributed by atoms with E-state index in [1.54, 1.807) is 12.1 Å². The van der Waals surface area contributed by atoms with Gasteiger partial charge in [0.05, 0.1) is 5.41 Å². The van der Waals surface area contributed by atoms with Crippen LogP contribution < -0.4 is 5.32 Å². The van der Waals surface area contributed by atoms with Crippen LogP contribution in [0.2, 0.25) is 10.0 Å². The maximum atomic E-state index is 13.7. The molecule has 1 saturated carbocycles. The lowest BCUT2D eigenvalue weighted by molar-refractivity contribution is -0.138. The first-order valence-corrected chi connectivity index (χ1v) is 12.8. The van der Waals surface area contributed by atoms with Crippen molar-refractivity contribution in [2.75, 3.05) is 33.2 Å². The van der Waals surface area contributed by atoms with Crippen molar-refractivity contribution in [2.45, 2.75) is 30.7 Å². The number of amides is 2. The minimum atomic E-state index is -0.703. The van der Waals surface area contributed by atoms with Gasteiger partial charge in [0.2, 0.25) is 11.8 Å². The minimum Gasteiger partial charge on any atom is -0.343 e. The highest BCUT2D eigenvalue weighted by molar-refractivity contribution is 6.35. The topological polar surface area (TPSA) is 52.6 Å². The summed E-state index contributed by atoms with van der Waals surface area (Å²) in [6, 6.07) is 19.0. The van der Waals surface area contributed by atoms with Crippen molar-refractivity contribution in [3.63, 3.8) is 0 Å². The summed E-state index contributed by atoms with van der Waals surface area (Å²) in [4.78, 5) is 31.4. The van der Waals surface area contributed by atoms with E-state index in [1.165, 1.54) is 0 Å². The molecule has 1 heterocycles. The Morgan fingerprint density at radius 1 is 0.943 bits per heavy atom. The second kappa shape index (κ2) is 9.81. The van der Waals surface area contributed by atoms with E-state index in [9.17, 15) is 9.59 Å². The summed E-state index contributed by atoms with van der Waals surface area (Å²) in [6.45, 7) is 2.97. The molecule has 1 N–H and O–H groups in total. The average Bonchev–Trinajstić information content (AvgIpc) is 3.65. The number of piperazine rings is 1. The van der Waals surface area contributed by atoms with Gasteiger partial charge in [0.15, 0.2) is 0 Å². The number of nitrogens with zero attached hydrogens (tertiary/aromatic N) is 2. The molecule has 0 aromatic heterocycles. The summed E-state index contributed by atoms with van der Waals surface area (Å²) in [5, 5.41) is 6.42. The van der Waals surface area contributed by atoms with Gasteiger partial charge in [0.25, 0.3) is 0 Å². The van der Waals surface area contributed by atoms with E-state index < -0.39 is 11.5 Å². The van der Waals surface area contributed by atoms with Crippen LogP contribution in [0, 0.1) is 0 Å². The number of rotatable bonds is 6. The van der Waals surface area contributed by atoms with Crippen LogP contribution in [-0.2, 0) is 21.4 Å². The van der Waals surface area contributed by atoms with Crippen molar-refractivity contribution in [2.24, 2.45) is 0 Å². The first-order valence-electron chi connectivity index (χ1n) is 12.1. The quantitative estimate of drug-likeness (QED) is 0.524. The zero-order valence-electron chi connectivity index (χ0n) is 19.8. The molecule has 5 rings (SSSR count). The summed E-state index contributed by atoms with van der Waals surface area (Å²) in [5.74, 6) is -0.174. The second-order valence-electron chi connectivity index (χ2n) is 9.75. The fourth-order valence-corrected chi connectivity index (χ4v) is 5.56. The van der Waals surface area contributed by atoms with Gasteiger partial charge in [-0.05, 0) is 53.9 Å². The molecule has 3 aromatic carbocycles. The fourth-order valence-electron chi connectivity index (χ4n) is 4.97. The molecular formula is C28H29Cl2N3O2. The van der Waals surface area contributed by atoms with Gasteiger partial charge in [-0.3, -0.25) is 9.59 Å². The highest BCUT2D eigenvalue weighted by atomic mass is 35.5. The summed E-state index contributed by atoms with van der Waals surface area (Å²) in [7, 11) is 2.06. The predicted molar refractivity (Wildman–Crippen MR) is 141 cm³/mol. The van der Waals surface area contributed by atoms with Crippen LogP contribution in [0.4, 0.5) is 0 Å². The summed E-state index contributed by atoms with van der Waals surface area (Å²) >= 11 is 12.6. The zero-order valence-corrected chi connectivity index (χ0v) is 21.3. The van der Waals surface area contributed by atoms with Gasteiger partial charge in [-0.1, -0.05) is 71.7 Å². The van der Waals surface area contributed by atoms with Crippen molar-refractivity contribution < 1.29 is 9.59 Å². The summed E-state index contributed by atoms with van der Waals surface area (Å²) < 4.78 is 0. The number of likely N-dealkylation sites (N-methyl/N-ethyl adjacent to an activating group) is 1. The number of carbonyl (C=O) groups is 2. The number of fused-ring (bicyclic) bond motifs is 1. The SMILES string of the molecule is CN1CCN(C(=O)[C@H](Cc2ccc3ccccc3c2)NC(=O)C2(c3ccc(Cl)cc3Cl)CC2)CC1. The van der Waals surface area contributed by atoms with Crippen LogP contribution in [0.5, 0.6) is 0 Å². The summed E-state index contributed by atoms with van der Waals surface area (Å²) in [6.07, 6.45) is 1.84. The minimum absolute atomic E-state index is 0.0300. The third-order valence-electron chi connectivity index (χ3n) is 7.30. The van der Waals surface area contributed by atoms with Gasteiger partial charge in [0.1, 0.15) is 6.04 Å². The molecule has 1 atom stereocenters. The number of hydrogen-bond acceptors (Lipinski definition) is 3. The monoisotopic (exact) mass is 509 g/mol. The maximum absolute atomic E-state index is 13.7. The van der Waals surface area contributed by atoms with E-state index in [0.717, 1.165) is 35.0 Å². The van der Waals surface area contributed by atoms with Crippen molar-refractivity contribution in [3.05, 3.63) is 81.8 Å². The predicted octanol–water partition coefficient (Wildman–Crippen LogP) is 4.68. The lowest BCUT2D eigenvalue weighted by Crippen LogP contribution is -2.56. The Balaban J connectivity index is 1.41. The smallest absolute Gasteiger partial charge is 0.245 e. The normalized spacial score (nSPS) is 18.3. The van der Waals surface area contributed by atoms with Crippen LogP contribution in [-0.4, -0.2) is 60.9 Å². The van der Waals surface area contributed by atoms with Gasteiger partial charge in [-0.2, -0.15) is 0 Å². The third-order valence-corrected chi connectivity index (χ3v) is 7.85.